The summed E-state index contributed by atoms with van der Waals surface area (Å²) in [6.07, 6.45) is 4.66. The fourth-order valence-electron chi connectivity index (χ4n) is 0.673. The maximum absolute atomic E-state index is 5.09. The minimum absolute atomic E-state index is 0.185. The van der Waals surface area contributed by atoms with Crippen molar-refractivity contribution in [3.63, 3.8) is 0 Å². The Bertz CT molecular complexity index is 128. The molecule has 0 aliphatic carbocycles. The molecule has 44 valence electrons. The first-order valence-corrected chi connectivity index (χ1v) is 3.11. The Labute approximate surface area is 54.3 Å². The van der Waals surface area contributed by atoms with Gasteiger partial charge >= 0.3 is 0 Å². The van der Waals surface area contributed by atoms with Gasteiger partial charge in [0.2, 0.25) is 0 Å². The van der Waals surface area contributed by atoms with Crippen molar-refractivity contribution in [3.05, 3.63) is 12.3 Å². The third-order valence-electron chi connectivity index (χ3n) is 1.16. The predicted octanol–water partition coefficient (Wildman–Crippen LogP) is 1.68. The average molecular weight is 128 g/mol. The molecule has 0 aromatic carbocycles. The van der Waals surface area contributed by atoms with Crippen molar-refractivity contribution in [2.75, 3.05) is 0 Å². The molecule has 0 amide bonds. The Morgan fingerprint density at radius 1 is 1.88 bits per heavy atom. The molecule has 1 unspecified atom stereocenters. The summed E-state index contributed by atoms with van der Waals surface area (Å²) < 4.78 is 5.09. The molecular formula is C6H8OS. The summed E-state index contributed by atoms with van der Waals surface area (Å²) in [5.41, 5.74) is 0. The highest BCUT2D eigenvalue weighted by atomic mass is 32.1. The van der Waals surface area contributed by atoms with Crippen LogP contribution in [-0.4, -0.2) is 11.0 Å². The van der Waals surface area contributed by atoms with Gasteiger partial charge in [0.05, 0.1) is 11.1 Å². The first kappa shape index (κ1) is 5.76. The van der Waals surface area contributed by atoms with E-state index in [0.29, 0.717) is 0 Å². The van der Waals surface area contributed by atoms with Gasteiger partial charge in [-0.05, 0) is 12.5 Å². The van der Waals surface area contributed by atoms with Crippen molar-refractivity contribution in [1.82, 2.24) is 0 Å². The van der Waals surface area contributed by atoms with Crippen molar-refractivity contribution in [2.24, 2.45) is 0 Å². The molecule has 1 atom stereocenters. The van der Waals surface area contributed by atoms with E-state index in [0.717, 1.165) is 11.3 Å². The van der Waals surface area contributed by atoms with Crippen LogP contribution in [0.3, 0.4) is 0 Å². The lowest BCUT2D eigenvalue weighted by Crippen LogP contribution is -2.11. The topological polar surface area (TPSA) is 9.23 Å². The SMILES string of the molecule is CCC1OC=CC1=S. The lowest BCUT2D eigenvalue weighted by molar-refractivity contribution is 0.214. The summed E-state index contributed by atoms with van der Waals surface area (Å²) in [4.78, 5) is 0.924. The van der Waals surface area contributed by atoms with Gasteiger partial charge in [0.15, 0.2) is 0 Å². The largest absolute Gasteiger partial charge is 0.492 e. The first-order valence-electron chi connectivity index (χ1n) is 2.70. The quantitative estimate of drug-likeness (QED) is 0.497. The Kier molecular flexibility index (Phi) is 1.63. The number of hydrogen-bond donors (Lipinski definition) is 0. The number of thiocarbonyl (C=S) groups is 1. The fourth-order valence-corrected chi connectivity index (χ4v) is 0.951. The molecule has 1 nitrogen and oxygen atoms in total. The van der Waals surface area contributed by atoms with E-state index in [1.165, 1.54) is 0 Å². The highest BCUT2D eigenvalue weighted by Crippen LogP contribution is 2.09. The molecule has 0 saturated carbocycles. The van der Waals surface area contributed by atoms with E-state index in [2.05, 4.69) is 6.92 Å². The summed E-state index contributed by atoms with van der Waals surface area (Å²) in [5, 5.41) is 0. The lowest BCUT2D eigenvalue weighted by Gasteiger charge is -2.04. The van der Waals surface area contributed by atoms with Crippen LogP contribution in [0.25, 0.3) is 0 Å². The summed E-state index contributed by atoms with van der Waals surface area (Å²) in [6.45, 7) is 2.06. The maximum Gasteiger partial charge on any atom is 0.133 e. The van der Waals surface area contributed by atoms with Crippen molar-refractivity contribution >= 4 is 17.1 Å². The zero-order valence-corrected chi connectivity index (χ0v) is 5.57. The number of rotatable bonds is 1. The molecule has 2 heteroatoms. The maximum atomic E-state index is 5.09. The standard InChI is InChI=1S/C6H8OS/c1-2-5-6(8)3-4-7-5/h3-5H,2H2,1H3. The van der Waals surface area contributed by atoms with Gasteiger partial charge in [-0.3, -0.25) is 0 Å². The second kappa shape index (κ2) is 2.27. The van der Waals surface area contributed by atoms with Crippen molar-refractivity contribution in [1.29, 1.82) is 0 Å². The summed E-state index contributed by atoms with van der Waals surface area (Å²) in [7, 11) is 0. The first-order chi connectivity index (χ1) is 3.84. The zero-order valence-electron chi connectivity index (χ0n) is 4.76. The molecule has 0 saturated heterocycles. The van der Waals surface area contributed by atoms with E-state index < -0.39 is 0 Å². The van der Waals surface area contributed by atoms with Gasteiger partial charge < -0.3 is 4.74 Å². The minimum atomic E-state index is 0.185. The van der Waals surface area contributed by atoms with Crippen LogP contribution in [0.15, 0.2) is 12.3 Å². The molecular weight excluding hydrogens is 120 g/mol. The summed E-state index contributed by atoms with van der Waals surface area (Å²) in [5.74, 6) is 0. The molecule has 1 aliphatic rings. The molecule has 0 fully saturated rings. The van der Waals surface area contributed by atoms with Crippen LogP contribution < -0.4 is 0 Å². The van der Waals surface area contributed by atoms with E-state index in [-0.39, 0.29) is 6.10 Å². The molecule has 0 N–H and O–H groups in total. The lowest BCUT2D eigenvalue weighted by atomic mass is 10.2. The van der Waals surface area contributed by atoms with Gasteiger partial charge in [0, 0.05) is 0 Å². The normalized spacial score (nSPS) is 26.1. The smallest absolute Gasteiger partial charge is 0.133 e. The van der Waals surface area contributed by atoms with Gasteiger partial charge in [0.25, 0.3) is 0 Å². The zero-order chi connectivity index (χ0) is 5.98. The molecule has 0 radical (unpaired) electrons. The van der Waals surface area contributed by atoms with E-state index in [1.54, 1.807) is 6.26 Å². The van der Waals surface area contributed by atoms with E-state index >= 15 is 0 Å². The molecule has 1 heterocycles. The Balaban J connectivity index is 2.51. The fraction of sp³-hybridized carbons (Fsp3) is 0.500. The highest BCUT2D eigenvalue weighted by Gasteiger charge is 2.13. The number of ether oxygens (including phenoxy) is 1. The molecule has 0 aromatic heterocycles. The molecule has 1 aliphatic heterocycles. The molecule has 0 aromatic rings. The van der Waals surface area contributed by atoms with Crippen LogP contribution in [-0.2, 0) is 4.74 Å². The summed E-state index contributed by atoms with van der Waals surface area (Å²) in [6, 6.07) is 0. The predicted molar refractivity (Wildman–Crippen MR) is 36.9 cm³/mol. The minimum Gasteiger partial charge on any atom is -0.492 e. The van der Waals surface area contributed by atoms with E-state index in [1.807, 2.05) is 6.08 Å². The average Bonchev–Trinajstić information content (AvgIpc) is 2.14. The molecule has 0 spiro atoms. The Morgan fingerprint density at radius 3 is 2.88 bits per heavy atom. The highest BCUT2D eigenvalue weighted by molar-refractivity contribution is 7.80. The third-order valence-corrected chi connectivity index (χ3v) is 1.56. The van der Waals surface area contributed by atoms with Gasteiger partial charge in [-0.1, -0.05) is 19.1 Å². The second-order valence-corrected chi connectivity index (χ2v) is 2.21. The van der Waals surface area contributed by atoms with Crippen molar-refractivity contribution in [2.45, 2.75) is 19.4 Å². The van der Waals surface area contributed by atoms with E-state index in [9.17, 15) is 0 Å². The Hall–Kier alpha value is -0.370. The van der Waals surface area contributed by atoms with Crippen LogP contribution in [0.1, 0.15) is 13.3 Å². The Morgan fingerprint density at radius 2 is 2.62 bits per heavy atom. The van der Waals surface area contributed by atoms with Gasteiger partial charge in [-0.2, -0.15) is 0 Å². The molecule has 0 bridgehead atoms. The van der Waals surface area contributed by atoms with Crippen LogP contribution in [0, 0.1) is 0 Å². The van der Waals surface area contributed by atoms with Crippen LogP contribution in [0.5, 0.6) is 0 Å². The number of hydrogen-bond acceptors (Lipinski definition) is 2. The van der Waals surface area contributed by atoms with Gasteiger partial charge in [-0.25, -0.2) is 0 Å². The second-order valence-electron chi connectivity index (χ2n) is 1.74. The van der Waals surface area contributed by atoms with Gasteiger partial charge in [-0.15, -0.1) is 0 Å². The van der Waals surface area contributed by atoms with Crippen molar-refractivity contribution in [3.8, 4) is 0 Å². The van der Waals surface area contributed by atoms with E-state index in [4.69, 9.17) is 17.0 Å². The van der Waals surface area contributed by atoms with Crippen LogP contribution in [0.2, 0.25) is 0 Å². The van der Waals surface area contributed by atoms with Crippen LogP contribution >= 0.6 is 12.2 Å². The molecule has 8 heavy (non-hydrogen) atoms. The molecule has 1 rings (SSSR count). The van der Waals surface area contributed by atoms with Gasteiger partial charge in [0.1, 0.15) is 6.10 Å². The van der Waals surface area contributed by atoms with Crippen molar-refractivity contribution < 1.29 is 4.74 Å². The van der Waals surface area contributed by atoms with Crippen LogP contribution in [0.4, 0.5) is 0 Å². The third kappa shape index (κ3) is 0.892. The monoisotopic (exact) mass is 128 g/mol. The summed E-state index contributed by atoms with van der Waals surface area (Å²) >= 11 is 4.93.